The maximum Gasteiger partial charge on any atom is 0.220 e. The molecule has 1 heterocycles. The van der Waals surface area contributed by atoms with Gasteiger partial charge in [-0.1, -0.05) is 160 Å². The van der Waals surface area contributed by atoms with Gasteiger partial charge in [0.15, 0.2) is 6.29 Å². The highest BCUT2D eigenvalue weighted by Crippen LogP contribution is 2.22. The molecule has 0 aromatic carbocycles. The summed E-state index contributed by atoms with van der Waals surface area (Å²) >= 11 is 0. The Labute approximate surface area is 305 Å². The number of hydrogen-bond donors (Lipinski definition) is 6. The first-order valence-corrected chi connectivity index (χ1v) is 20.6. The SMILES string of the molecule is CCCCCCCCCCC/C=C/CC/C=C/C(O)C(COC1OC(CO)C(O)C(O)C1O)NC(=O)CCCCCCCCCCCCCC. The van der Waals surface area contributed by atoms with Gasteiger partial charge in [-0.15, -0.1) is 0 Å². The van der Waals surface area contributed by atoms with E-state index in [1.54, 1.807) is 6.08 Å². The average Bonchev–Trinajstić information content (AvgIpc) is 3.11. The molecule has 1 rings (SSSR count). The highest BCUT2D eigenvalue weighted by atomic mass is 16.7. The second kappa shape index (κ2) is 32.3. The standard InChI is InChI=1S/C41H77NO8/c1-3-5-7-9-11-13-15-17-18-19-20-22-24-26-28-30-35(44)34(33-49-41-40(48)39(47)38(46)36(32-43)50-41)42-37(45)31-29-27-25-23-21-16-14-12-10-8-6-4-2/h20,22,28,30,34-36,38-41,43-44,46-48H,3-19,21,23-27,29,31-33H2,1-2H3,(H,42,45)/b22-20+,30-28+. The third-order valence-electron chi connectivity index (χ3n) is 9.78. The molecule has 0 radical (unpaired) electrons. The highest BCUT2D eigenvalue weighted by Gasteiger charge is 2.44. The fourth-order valence-corrected chi connectivity index (χ4v) is 6.41. The maximum atomic E-state index is 12.9. The largest absolute Gasteiger partial charge is 0.394 e. The van der Waals surface area contributed by atoms with Gasteiger partial charge in [-0.3, -0.25) is 4.79 Å². The van der Waals surface area contributed by atoms with Crippen molar-refractivity contribution in [1.82, 2.24) is 5.32 Å². The van der Waals surface area contributed by atoms with Crippen LogP contribution in [0.5, 0.6) is 0 Å². The molecular formula is C41H77NO8. The van der Waals surface area contributed by atoms with Gasteiger partial charge in [0.1, 0.15) is 24.4 Å². The van der Waals surface area contributed by atoms with E-state index in [-0.39, 0.29) is 12.5 Å². The number of unbranched alkanes of at least 4 members (excludes halogenated alkanes) is 21. The zero-order chi connectivity index (χ0) is 36.7. The molecule has 1 aliphatic rings. The Morgan fingerprint density at radius 2 is 1.14 bits per heavy atom. The zero-order valence-corrected chi connectivity index (χ0v) is 31.9. The van der Waals surface area contributed by atoms with Gasteiger partial charge in [-0.05, 0) is 32.1 Å². The van der Waals surface area contributed by atoms with Crippen LogP contribution in [0.25, 0.3) is 0 Å². The van der Waals surface area contributed by atoms with Crippen LogP contribution in [0, 0.1) is 0 Å². The van der Waals surface area contributed by atoms with Crippen LogP contribution < -0.4 is 5.32 Å². The zero-order valence-electron chi connectivity index (χ0n) is 31.9. The molecular weight excluding hydrogens is 634 g/mol. The molecule has 50 heavy (non-hydrogen) atoms. The van der Waals surface area contributed by atoms with Gasteiger partial charge in [0.05, 0.1) is 25.4 Å². The third kappa shape index (κ3) is 23.3. The minimum atomic E-state index is -1.57. The molecule has 0 aliphatic carbocycles. The lowest BCUT2D eigenvalue weighted by atomic mass is 9.99. The second-order valence-corrected chi connectivity index (χ2v) is 14.4. The van der Waals surface area contributed by atoms with Gasteiger partial charge >= 0.3 is 0 Å². The summed E-state index contributed by atoms with van der Waals surface area (Å²) in [6.07, 6.45) is 29.3. The Morgan fingerprint density at radius 1 is 0.660 bits per heavy atom. The van der Waals surface area contributed by atoms with E-state index < -0.39 is 49.5 Å². The molecule has 0 saturated carbocycles. The molecule has 294 valence electrons. The van der Waals surface area contributed by atoms with E-state index >= 15 is 0 Å². The van der Waals surface area contributed by atoms with Crippen LogP contribution in [0.2, 0.25) is 0 Å². The van der Waals surface area contributed by atoms with E-state index in [9.17, 15) is 30.3 Å². The minimum absolute atomic E-state index is 0.189. The first-order valence-electron chi connectivity index (χ1n) is 20.6. The number of allylic oxidation sites excluding steroid dienone is 3. The van der Waals surface area contributed by atoms with Gasteiger partial charge in [-0.25, -0.2) is 0 Å². The van der Waals surface area contributed by atoms with E-state index in [0.717, 1.165) is 38.5 Å². The number of rotatable bonds is 33. The lowest BCUT2D eigenvalue weighted by Crippen LogP contribution is -2.60. The van der Waals surface area contributed by atoms with Crippen molar-refractivity contribution < 1.29 is 39.8 Å². The van der Waals surface area contributed by atoms with Gasteiger partial charge in [0, 0.05) is 6.42 Å². The summed E-state index contributed by atoms with van der Waals surface area (Å²) in [5.74, 6) is -0.189. The Balaban J connectivity index is 2.45. The molecule has 9 heteroatoms. The summed E-state index contributed by atoms with van der Waals surface area (Å²) < 4.78 is 11.2. The number of hydrogen-bond acceptors (Lipinski definition) is 8. The van der Waals surface area contributed by atoms with Crippen molar-refractivity contribution in [3.63, 3.8) is 0 Å². The van der Waals surface area contributed by atoms with Gasteiger partial charge in [0.2, 0.25) is 5.91 Å². The second-order valence-electron chi connectivity index (χ2n) is 14.4. The minimum Gasteiger partial charge on any atom is -0.394 e. The lowest BCUT2D eigenvalue weighted by molar-refractivity contribution is -0.302. The van der Waals surface area contributed by atoms with E-state index in [0.29, 0.717) is 6.42 Å². The summed E-state index contributed by atoms with van der Waals surface area (Å²) in [6, 6.07) is -0.814. The maximum absolute atomic E-state index is 12.9. The predicted octanol–water partition coefficient (Wildman–Crippen LogP) is 7.55. The molecule has 1 amide bonds. The van der Waals surface area contributed by atoms with Gasteiger partial charge in [-0.2, -0.15) is 0 Å². The Hall–Kier alpha value is -1.33. The Kier molecular flexibility index (Phi) is 30.2. The number of carbonyl (C=O) groups is 1. The number of nitrogens with one attached hydrogen (secondary N) is 1. The highest BCUT2D eigenvalue weighted by molar-refractivity contribution is 5.76. The van der Waals surface area contributed by atoms with Crippen LogP contribution in [-0.2, 0) is 14.3 Å². The topological polar surface area (TPSA) is 149 Å². The third-order valence-corrected chi connectivity index (χ3v) is 9.78. The summed E-state index contributed by atoms with van der Waals surface area (Å²) in [5.41, 5.74) is 0. The van der Waals surface area contributed by atoms with Crippen LogP contribution in [0.1, 0.15) is 174 Å². The number of ether oxygens (including phenoxy) is 2. The normalized spacial score (nSPS) is 22.4. The first-order chi connectivity index (χ1) is 24.3. The van der Waals surface area contributed by atoms with Gasteiger partial charge in [0.25, 0.3) is 0 Å². The van der Waals surface area contributed by atoms with Crippen LogP contribution in [-0.4, -0.2) is 87.5 Å². The van der Waals surface area contributed by atoms with Crippen molar-refractivity contribution >= 4 is 5.91 Å². The van der Waals surface area contributed by atoms with Crippen molar-refractivity contribution in [1.29, 1.82) is 0 Å². The molecule has 1 fully saturated rings. The predicted molar refractivity (Wildman–Crippen MR) is 203 cm³/mol. The molecule has 7 unspecified atom stereocenters. The van der Waals surface area contributed by atoms with Gasteiger partial charge < -0.3 is 40.3 Å². The summed E-state index contributed by atoms with van der Waals surface area (Å²) in [4.78, 5) is 12.9. The molecule has 1 saturated heterocycles. The Bertz CT molecular complexity index is 837. The number of aliphatic hydroxyl groups is 5. The summed E-state index contributed by atoms with van der Waals surface area (Å²) in [7, 11) is 0. The molecule has 0 bridgehead atoms. The summed E-state index contributed by atoms with van der Waals surface area (Å²) in [6.45, 7) is 3.73. The van der Waals surface area contributed by atoms with E-state index in [2.05, 4.69) is 31.3 Å². The fraction of sp³-hybridized carbons (Fsp3) is 0.878. The van der Waals surface area contributed by atoms with E-state index in [1.165, 1.54) is 116 Å². The van der Waals surface area contributed by atoms with Crippen LogP contribution in [0.4, 0.5) is 0 Å². The molecule has 7 atom stereocenters. The molecule has 0 aromatic rings. The van der Waals surface area contributed by atoms with Crippen molar-refractivity contribution in [2.24, 2.45) is 0 Å². The van der Waals surface area contributed by atoms with E-state index in [4.69, 9.17) is 9.47 Å². The molecule has 6 N–H and O–H groups in total. The molecule has 1 aliphatic heterocycles. The average molecular weight is 712 g/mol. The smallest absolute Gasteiger partial charge is 0.220 e. The quantitative estimate of drug-likeness (QED) is 0.0302. The molecule has 0 spiro atoms. The van der Waals surface area contributed by atoms with Crippen molar-refractivity contribution in [2.45, 2.75) is 217 Å². The lowest BCUT2D eigenvalue weighted by Gasteiger charge is -2.40. The van der Waals surface area contributed by atoms with Crippen LogP contribution >= 0.6 is 0 Å². The van der Waals surface area contributed by atoms with Crippen LogP contribution in [0.3, 0.4) is 0 Å². The molecule has 0 aromatic heterocycles. The number of carbonyl (C=O) groups excluding carboxylic acids is 1. The molecule has 9 nitrogen and oxygen atoms in total. The van der Waals surface area contributed by atoms with Crippen molar-refractivity contribution in [3.05, 3.63) is 24.3 Å². The van der Waals surface area contributed by atoms with E-state index in [1.807, 2.05) is 6.08 Å². The number of aliphatic hydroxyl groups excluding tert-OH is 5. The fourth-order valence-electron chi connectivity index (χ4n) is 6.41. The van der Waals surface area contributed by atoms with Crippen LogP contribution in [0.15, 0.2) is 24.3 Å². The van der Waals surface area contributed by atoms with Crippen molar-refractivity contribution in [3.8, 4) is 0 Å². The first kappa shape index (κ1) is 46.7. The number of amides is 1. The monoisotopic (exact) mass is 712 g/mol. The summed E-state index contributed by atoms with van der Waals surface area (Å²) in [5, 5.41) is 53.9. The Morgan fingerprint density at radius 3 is 1.68 bits per heavy atom. The van der Waals surface area contributed by atoms with Crippen molar-refractivity contribution in [2.75, 3.05) is 13.2 Å².